The fraction of sp³-hybridized carbons (Fsp3) is 0.320. The molecule has 0 radical (unpaired) electrons. The van der Waals surface area contributed by atoms with Gasteiger partial charge in [0.2, 0.25) is 18.2 Å². The predicted molar refractivity (Wildman–Crippen MR) is 139 cm³/mol. The van der Waals surface area contributed by atoms with Gasteiger partial charge in [-0.25, -0.2) is 14.6 Å². The van der Waals surface area contributed by atoms with Crippen LogP contribution >= 0.6 is 11.8 Å². The summed E-state index contributed by atoms with van der Waals surface area (Å²) in [6.45, 7) is 3.08. The lowest BCUT2D eigenvalue weighted by molar-refractivity contribution is -0.384. The van der Waals surface area contributed by atoms with Gasteiger partial charge in [-0.05, 0) is 37.1 Å². The van der Waals surface area contributed by atoms with Crippen LogP contribution in [0.4, 0.5) is 10.5 Å². The third-order valence-electron chi connectivity index (χ3n) is 6.49. The summed E-state index contributed by atoms with van der Waals surface area (Å²) in [4.78, 5) is 74.3. The van der Waals surface area contributed by atoms with E-state index in [-0.39, 0.29) is 24.3 Å². The summed E-state index contributed by atoms with van der Waals surface area (Å²) in [5, 5.41) is 23.1. The summed E-state index contributed by atoms with van der Waals surface area (Å²) in [6.07, 6.45) is -0.933. The van der Waals surface area contributed by atoms with E-state index in [1.807, 2.05) is 0 Å². The molecule has 210 valence electrons. The first-order chi connectivity index (χ1) is 19.0. The number of amides is 4. The van der Waals surface area contributed by atoms with E-state index in [0.717, 1.165) is 0 Å². The first kappa shape index (κ1) is 28.4. The van der Waals surface area contributed by atoms with Crippen molar-refractivity contribution >= 4 is 47.7 Å². The van der Waals surface area contributed by atoms with E-state index in [2.05, 4.69) is 10.7 Å². The normalized spacial score (nSPS) is 21.3. The first-order valence-corrected chi connectivity index (χ1v) is 12.8. The van der Waals surface area contributed by atoms with Crippen LogP contribution in [0.25, 0.3) is 0 Å². The lowest BCUT2D eigenvalue weighted by Crippen LogP contribution is -2.71. The van der Waals surface area contributed by atoms with E-state index in [1.165, 1.54) is 53.1 Å². The second-order valence-electron chi connectivity index (χ2n) is 9.49. The van der Waals surface area contributed by atoms with Crippen molar-refractivity contribution in [2.75, 3.05) is 0 Å². The average molecular weight is 572 g/mol. The molecule has 2 aliphatic rings. The fourth-order valence-electron chi connectivity index (χ4n) is 4.65. The highest BCUT2D eigenvalue weighted by atomic mass is 32.2. The number of carboxylic acids is 1. The summed E-state index contributed by atoms with van der Waals surface area (Å²) in [6, 6.07) is 9.64. The first-order valence-electron chi connectivity index (χ1n) is 11.9. The Morgan fingerprint density at radius 3 is 2.42 bits per heavy atom. The van der Waals surface area contributed by atoms with E-state index in [1.54, 1.807) is 32.0 Å². The molecule has 3 N–H and O–H groups in total. The van der Waals surface area contributed by atoms with Crippen LogP contribution in [0.3, 0.4) is 0 Å². The number of nitrogens with zero attached hydrogens (tertiary/aromatic N) is 3. The second-order valence-corrected chi connectivity index (χ2v) is 11.3. The van der Waals surface area contributed by atoms with Crippen LogP contribution in [0.5, 0.6) is 0 Å². The SMILES string of the molecule is CC1(C)S[C@@H]2[C@@H](NC(=O)C(c3ccccc3)N(NC=O)C(=O)OCc3ccc([N+](=O)[O-])cc3)C(=O)N2[C@H]1C(=O)O. The minimum absolute atomic E-state index is 0.150. The highest BCUT2D eigenvalue weighted by Crippen LogP contribution is 2.50. The number of nitro groups is 1. The Morgan fingerprint density at radius 2 is 1.85 bits per heavy atom. The van der Waals surface area contributed by atoms with Gasteiger partial charge in [-0.15, -0.1) is 11.8 Å². The highest BCUT2D eigenvalue weighted by molar-refractivity contribution is 8.01. The van der Waals surface area contributed by atoms with Crippen molar-refractivity contribution in [3.8, 4) is 0 Å². The van der Waals surface area contributed by atoms with E-state index in [0.29, 0.717) is 10.6 Å². The van der Waals surface area contributed by atoms with Crippen molar-refractivity contribution in [1.82, 2.24) is 20.7 Å². The largest absolute Gasteiger partial charge is 0.480 e. The van der Waals surface area contributed by atoms with Gasteiger partial charge in [-0.2, -0.15) is 0 Å². The lowest BCUT2D eigenvalue weighted by Gasteiger charge is -2.44. The molecular weight excluding hydrogens is 546 g/mol. The Bertz CT molecular complexity index is 1340. The number of fused-ring (bicyclic) bond motifs is 1. The molecule has 4 atom stereocenters. The van der Waals surface area contributed by atoms with E-state index in [9.17, 15) is 39.2 Å². The number of thioether (sulfide) groups is 1. The van der Waals surface area contributed by atoms with Gasteiger partial charge in [-0.3, -0.25) is 29.9 Å². The number of nitrogens with one attached hydrogen (secondary N) is 2. The molecule has 15 heteroatoms. The molecule has 0 aromatic heterocycles. The van der Waals surface area contributed by atoms with Crippen LogP contribution in [0.1, 0.15) is 31.0 Å². The van der Waals surface area contributed by atoms with Crippen LogP contribution in [-0.2, 0) is 30.5 Å². The maximum Gasteiger partial charge on any atom is 0.430 e. The Morgan fingerprint density at radius 1 is 1.20 bits per heavy atom. The number of nitro benzene ring substituents is 1. The Labute approximate surface area is 231 Å². The van der Waals surface area contributed by atoms with Gasteiger partial charge in [0.15, 0.2) is 6.04 Å². The molecule has 2 aromatic carbocycles. The summed E-state index contributed by atoms with van der Waals surface area (Å²) >= 11 is 1.24. The molecule has 2 heterocycles. The number of hydrogen-bond acceptors (Lipinski definition) is 9. The highest BCUT2D eigenvalue weighted by Gasteiger charge is 2.64. The number of hydrogen-bond donors (Lipinski definition) is 3. The summed E-state index contributed by atoms with van der Waals surface area (Å²) in [5.41, 5.74) is 2.73. The van der Waals surface area contributed by atoms with Gasteiger partial charge >= 0.3 is 12.1 Å². The van der Waals surface area contributed by atoms with E-state index < -0.39 is 57.0 Å². The van der Waals surface area contributed by atoms with Crippen LogP contribution < -0.4 is 10.7 Å². The molecule has 2 aliphatic heterocycles. The topological polar surface area (TPSA) is 188 Å². The maximum atomic E-state index is 13.6. The maximum absolute atomic E-state index is 13.6. The summed E-state index contributed by atoms with van der Waals surface area (Å²) in [7, 11) is 0. The minimum Gasteiger partial charge on any atom is -0.480 e. The fourth-order valence-corrected chi connectivity index (χ4v) is 6.27. The molecule has 0 saturated carbocycles. The van der Waals surface area contributed by atoms with Crippen LogP contribution in [0.2, 0.25) is 0 Å². The third kappa shape index (κ3) is 5.40. The smallest absolute Gasteiger partial charge is 0.430 e. The van der Waals surface area contributed by atoms with E-state index in [4.69, 9.17) is 4.74 Å². The van der Waals surface area contributed by atoms with Gasteiger partial charge in [-0.1, -0.05) is 30.3 Å². The number of carbonyl (C=O) groups excluding carboxylic acids is 4. The molecule has 0 bridgehead atoms. The number of carbonyl (C=O) groups is 5. The monoisotopic (exact) mass is 571 g/mol. The van der Waals surface area contributed by atoms with Gasteiger partial charge in [0.25, 0.3) is 5.69 Å². The van der Waals surface area contributed by atoms with Gasteiger partial charge in [0.1, 0.15) is 24.1 Å². The molecule has 0 aliphatic carbocycles. The number of carboxylic acid groups (broad SMARTS) is 1. The quantitative estimate of drug-likeness (QED) is 0.163. The van der Waals surface area contributed by atoms with E-state index >= 15 is 0 Å². The summed E-state index contributed by atoms with van der Waals surface area (Å²) < 4.78 is 4.46. The molecule has 2 fully saturated rings. The number of non-ortho nitro benzene ring substituents is 1. The van der Waals surface area contributed by atoms with Crippen molar-refractivity contribution in [2.24, 2.45) is 0 Å². The Hall–Kier alpha value is -4.66. The minimum atomic E-state index is -1.47. The van der Waals surface area contributed by atoms with Crippen molar-refractivity contribution in [1.29, 1.82) is 0 Å². The zero-order valence-electron chi connectivity index (χ0n) is 21.3. The lowest BCUT2D eigenvalue weighted by atomic mass is 9.95. The molecule has 2 saturated heterocycles. The molecular formula is C25H25N5O9S. The standard InChI is InChI=1S/C25H25N5O9S/c1-25(2)19(23(34)35)28-21(33)17(22(28)40-25)27-20(32)18(15-6-4-3-5-7-15)29(26-13-31)24(36)39-12-14-8-10-16(11-9-14)30(37)38/h3-11,13,17-19,22H,12H2,1-2H3,(H,26,31)(H,27,32)(H,34,35)/t17-,18?,19-,22+/m0/s1. The van der Waals surface area contributed by atoms with Crippen LogP contribution in [0, 0.1) is 10.1 Å². The summed E-state index contributed by atoms with van der Waals surface area (Å²) in [5.74, 6) is -2.55. The zero-order valence-corrected chi connectivity index (χ0v) is 22.1. The van der Waals surface area contributed by atoms with Gasteiger partial charge < -0.3 is 20.1 Å². The molecule has 4 amide bonds. The number of hydrazine groups is 1. The molecule has 14 nitrogen and oxygen atoms in total. The number of β-lactam (4-membered cyclic amide) rings is 1. The Kier molecular flexibility index (Phi) is 7.95. The van der Waals surface area contributed by atoms with Crippen molar-refractivity contribution < 1.29 is 38.7 Å². The molecule has 1 unspecified atom stereocenters. The van der Waals surface area contributed by atoms with Gasteiger partial charge in [0, 0.05) is 16.9 Å². The number of benzene rings is 2. The number of rotatable bonds is 10. The van der Waals surface area contributed by atoms with Crippen LogP contribution in [-0.4, -0.2) is 72.4 Å². The number of aliphatic carboxylic acids is 1. The molecule has 2 aromatic rings. The second kappa shape index (κ2) is 11.2. The number of ether oxygens (including phenoxy) is 1. The van der Waals surface area contributed by atoms with Crippen molar-refractivity contribution in [2.45, 2.75) is 48.7 Å². The molecule has 4 rings (SSSR count). The molecule has 0 spiro atoms. The predicted octanol–water partition coefficient (Wildman–Crippen LogP) is 1.57. The van der Waals surface area contributed by atoms with Crippen LogP contribution in [0.15, 0.2) is 54.6 Å². The zero-order chi connectivity index (χ0) is 29.2. The van der Waals surface area contributed by atoms with Gasteiger partial charge in [0.05, 0.1) is 4.92 Å². The Balaban J connectivity index is 1.54. The van der Waals surface area contributed by atoms with Crippen molar-refractivity contribution in [3.63, 3.8) is 0 Å². The molecule has 40 heavy (non-hydrogen) atoms. The average Bonchev–Trinajstić information content (AvgIpc) is 3.18. The van der Waals surface area contributed by atoms with Crippen molar-refractivity contribution in [3.05, 3.63) is 75.8 Å². The third-order valence-corrected chi connectivity index (χ3v) is 8.06.